The maximum Gasteiger partial charge on any atom is 0.219 e. The number of likely N-dealkylation sites (N-methyl/N-ethyl adjacent to an activating group) is 2. The van der Waals surface area contributed by atoms with E-state index in [1.54, 1.807) is 11.8 Å². The van der Waals surface area contributed by atoms with Gasteiger partial charge in [-0.3, -0.25) is 4.79 Å². The van der Waals surface area contributed by atoms with E-state index in [0.717, 1.165) is 18.8 Å². The van der Waals surface area contributed by atoms with Crippen LogP contribution in [0.2, 0.25) is 0 Å². The summed E-state index contributed by atoms with van der Waals surface area (Å²) in [7, 11) is 3.81. The predicted octanol–water partition coefficient (Wildman–Crippen LogP) is 1.56. The Morgan fingerprint density at radius 2 is 2.06 bits per heavy atom. The van der Waals surface area contributed by atoms with E-state index in [-0.39, 0.29) is 5.91 Å². The lowest BCUT2D eigenvalue weighted by Gasteiger charge is -2.22. The number of nitrogens with zero attached hydrogens (tertiary/aromatic N) is 3. The molecule has 0 aliphatic heterocycles. The van der Waals surface area contributed by atoms with Crippen LogP contribution in [0.4, 0.5) is 5.82 Å². The summed E-state index contributed by atoms with van der Waals surface area (Å²) in [5.41, 5.74) is 1.28. The lowest BCUT2D eigenvalue weighted by Crippen LogP contribution is -2.33. The molecule has 0 bridgehead atoms. The fourth-order valence-electron chi connectivity index (χ4n) is 1.46. The monoisotopic (exact) mass is 235 g/mol. The average Bonchev–Trinajstić information content (AvgIpc) is 2.35. The molecule has 0 spiro atoms. The molecule has 0 radical (unpaired) electrons. The van der Waals surface area contributed by atoms with Crippen molar-refractivity contribution < 1.29 is 4.79 Å². The lowest BCUT2D eigenvalue weighted by atomic mass is 10.2. The molecule has 94 valence electrons. The third-order valence-electron chi connectivity index (χ3n) is 2.92. The van der Waals surface area contributed by atoms with Gasteiger partial charge in [-0.05, 0) is 24.1 Å². The van der Waals surface area contributed by atoms with Gasteiger partial charge in [-0.1, -0.05) is 6.92 Å². The van der Waals surface area contributed by atoms with Gasteiger partial charge in [-0.15, -0.1) is 0 Å². The number of rotatable bonds is 5. The van der Waals surface area contributed by atoms with Crippen molar-refractivity contribution in [3.8, 4) is 0 Å². The van der Waals surface area contributed by atoms with Gasteiger partial charge in [0.2, 0.25) is 5.91 Å². The van der Waals surface area contributed by atoms with E-state index in [0.29, 0.717) is 6.54 Å². The van der Waals surface area contributed by atoms with E-state index < -0.39 is 0 Å². The molecule has 0 unspecified atom stereocenters. The summed E-state index contributed by atoms with van der Waals surface area (Å²) < 4.78 is 0. The molecule has 0 saturated carbocycles. The van der Waals surface area contributed by atoms with Crippen molar-refractivity contribution in [2.45, 2.75) is 20.3 Å². The minimum Gasteiger partial charge on any atom is -0.358 e. The lowest BCUT2D eigenvalue weighted by molar-refractivity contribution is -0.127. The predicted molar refractivity (Wildman–Crippen MR) is 70.2 cm³/mol. The molecule has 1 aromatic rings. The Hall–Kier alpha value is -1.58. The highest BCUT2D eigenvalue weighted by molar-refractivity contribution is 5.72. The first-order chi connectivity index (χ1) is 8.04. The first-order valence-electron chi connectivity index (χ1n) is 5.92. The number of aryl methyl sites for hydroxylation is 1. The Balaban J connectivity index is 2.57. The molecule has 1 amide bonds. The Bertz CT molecular complexity index is 379. The average molecular weight is 235 g/mol. The van der Waals surface area contributed by atoms with Crippen LogP contribution in [0.3, 0.4) is 0 Å². The summed E-state index contributed by atoms with van der Waals surface area (Å²) >= 11 is 0. The fraction of sp³-hybridized carbons (Fsp3) is 0.538. The number of amides is 1. The van der Waals surface area contributed by atoms with Crippen molar-refractivity contribution in [1.82, 2.24) is 9.88 Å². The largest absolute Gasteiger partial charge is 0.358 e. The molecule has 0 aliphatic carbocycles. The normalized spacial score (nSPS) is 10.1. The van der Waals surface area contributed by atoms with Gasteiger partial charge < -0.3 is 9.80 Å². The maximum atomic E-state index is 11.1. The minimum atomic E-state index is 0.0914. The molecule has 4 nitrogen and oxygen atoms in total. The second kappa shape index (κ2) is 6.23. The molecule has 4 heteroatoms. The summed E-state index contributed by atoms with van der Waals surface area (Å²) in [4.78, 5) is 19.2. The van der Waals surface area contributed by atoms with Gasteiger partial charge in [0, 0.05) is 40.3 Å². The Morgan fingerprint density at radius 3 is 2.65 bits per heavy atom. The number of hydrogen-bond donors (Lipinski definition) is 0. The molecule has 0 aromatic carbocycles. The van der Waals surface area contributed by atoms with E-state index in [9.17, 15) is 4.79 Å². The van der Waals surface area contributed by atoms with Gasteiger partial charge in [-0.25, -0.2) is 4.98 Å². The van der Waals surface area contributed by atoms with Crippen LogP contribution >= 0.6 is 0 Å². The Labute approximate surface area is 103 Å². The quantitative estimate of drug-likeness (QED) is 0.777. The molecule has 0 N–H and O–H groups in total. The zero-order valence-corrected chi connectivity index (χ0v) is 11.1. The van der Waals surface area contributed by atoms with Gasteiger partial charge in [0.25, 0.3) is 0 Å². The van der Waals surface area contributed by atoms with E-state index in [4.69, 9.17) is 0 Å². The van der Waals surface area contributed by atoms with Crippen LogP contribution in [-0.4, -0.2) is 43.0 Å². The maximum absolute atomic E-state index is 11.1. The molecule has 1 rings (SSSR count). The molecule has 0 aliphatic rings. The first kappa shape index (κ1) is 13.5. The Kier molecular flexibility index (Phi) is 4.94. The number of carbonyl (C=O) groups is 1. The topological polar surface area (TPSA) is 36.4 Å². The van der Waals surface area contributed by atoms with Crippen molar-refractivity contribution in [1.29, 1.82) is 0 Å². The van der Waals surface area contributed by atoms with Gasteiger partial charge in [0.1, 0.15) is 5.82 Å². The molecular formula is C13H21N3O. The molecule has 1 heterocycles. The van der Waals surface area contributed by atoms with Crippen LogP contribution in [0.1, 0.15) is 19.4 Å². The summed E-state index contributed by atoms with van der Waals surface area (Å²) in [6.07, 6.45) is 2.84. The highest BCUT2D eigenvalue weighted by Crippen LogP contribution is 2.11. The van der Waals surface area contributed by atoms with Gasteiger partial charge in [-0.2, -0.15) is 0 Å². The van der Waals surface area contributed by atoms with Gasteiger partial charge in [0.15, 0.2) is 0 Å². The van der Waals surface area contributed by atoms with Crippen molar-refractivity contribution in [3.05, 3.63) is 23.9 Å². The van der Waals surface area contributed by atoms with Crippen LogP contribution in [0.5, 0.6) is 0 Å². The van der Waals surface area contributed by atoms with E-state index in [2.05, 4.69) is 22.9 Å². The molecule has 17 heavy (non-hydrogen) atoms. The second-order valence-electron chi connectivity index (χ2n) is 4.24. The van der Waals surface area contributed by atoms with Gasteiger partial charge >= 0.3 is 0 Å². The summed E-state index contributed by atoms with van der Waals surface area (Å²) in [5.74, 6) is 1.05. The van der Waals surface area contributed by atoms with Crippen molar-refractivity contribution in [2.75, 3.05) is 32.1 Å². The standard InChI is InChI=1S/C13H21N3O/c1-5-12-6-7-14-13(10-12)16(4)9-8-15(3)11(2)17/h6-7,10H,5,8-9H2,1-4H3. The number of carbonyl (C=O) groups excluding carboxylic acids is 1. The molecule has 1 aromatic heterocycles. The first-order valence-corrected chi connectivity index (χ1v) is 5.92. The SMILES string of the molecule is CCc1ccnc(N(C)CCN(C)C(C)=O)c1. The summed E-state index contributed by atoms with van der Waals surface area (Å²) in [5, 5.41) is 0. The second-order valence-corrected chi connectivity index (χ2v) is 4.24. The van der Waals surface area contributed by atoms with Crippen LogP contribution < -0.4 is 4.90 Å². The summed E-state index contributed by atoms with van der Waals surface area (Å²) in [6, 6.07) is 4.12. The van der Waals surface area contributed by atoms with Crippen LogP contribution in [0.15, 0.2) is 18.3 Å². The van der Waals surface area contributed by atoms with Gasteiger partial charge in [0.05, 0.1) is 0 Å². The number of pyridine rings is 1. The third-order valence-corrected chi connectivity index (χ3v) is 2.92. The highest BCUT2D eigenvalue weighted by Gasteiger charge is 2.06. The zero-order chi connectivity index (χ0) is 12.8. The third kappa shape index (κ3) is 4.06. The van der Waals surface area contributed by atoms with E-state index >= 15 is 0 Å². The number of hydrogen-bond acceptors (Lipinski definition) is 3. The molecular weight excluding hydrogens is 214 g/mol. The smallest absolute Gasteiger partial charge is 0.219 e. The minimum absolute atomic E-state index is 0.0914. The molecule has 0 fully saturated rings. The van der Waals surface area contributed by atoms with Crippen LogP contribution in [0, 0.1) is 0 Å². The summed E-state index contributed by atoms with van der Waals surface area (Å²) in [6.45, 7) is 5.21. The molecule has 0 saturated heterocycles. The fourth-order valence-corrected chi connectivity index (χ4v) is 1.46. The van der Waals surface area contributed by atoms with Crippen LogP contribution in [0.25, 0.3) is 0 Å². The van der Waals surface area contributed by atoms with Crippen molar-refractivity contribution in [2.24, 2.45) is 0 Å². The number of aromatic nitrogens is 1. The Morgan fingerprint density at radius 1 is 1.35 bits per heavy atom. The van der Waals surface area contributed by atoms with Crippen LogP contribution in [-0.2, 0) is 11.2 Å². The van der Waals surface area contributed by atoms with Crippen molar-refractivity contribution >= 4 is 11.7 Å². The number of anilines is 1. The molecule has 0 atom stereocenters. The van der Waals surface area contributed by atoms with E-state index in [1.165, 1.54) is 5.56 Å². The zero-order valence-electron chi connectivity index (χ0n) is 11.1. The van der Waals surface area contributed by atoms with Crippen molar-refractivity contribution in [3.63, 3.8) is 0 Å². The highest BCUT2D eigenvalue weighted by atomic mass is 16.2. The van der Waals surface area contributed by atoms with E-state index in [1.807, 2.05) is 26.4 Å².